The standard InChI is InChI=1S/C30H27BO3/c1-29(2)30(3,4)34-31(33-29)25-15-9-8-13-22(25)23-14-10-16-26-28(23)24-18-17-21(19-27(24)32-26)20-11-6-5-7-12-20/h5-19H,1-4H3. The lowest BCUT2D eigenvalue weighted by Gasteiger charge is -2.32. The number of fused-ring (bicyclic) bond motifs is 3. The minimum Gasteiger partial charge on any atom is -0.456 e. The molecule has 0 aliphatic carbocycles. The molecule has 0 saturated carbocycles. The van der Waals surface area contributed by atoms with Gasteiger partial charge in [-0.3, -0.25) is 0 Å². The van der Waals surface area contributed by atoms with Crippen LogP contribution in [0, 0.1) is 0 Å². The summed E-state index contributed by atoms with van der Waals surface area (Å²) >= 11 is 0. The van der Waals surface area contributed by atoms with Gasteiger partial charge in [-0.25, -0.2) is 0 Å². The minimum absolute atomic E-state index is 0.396. The summed E-state index contributed by atoms with van der Waals surface area (Å²) in [5, 5.41) is 2.22. The van der Waals surface area contributed by atoms with Gasteiger partial charge >= 0.3 is 7.12 Å². The largest absolute Gasteiger partial charge is 0.495 e. The monoisotopic (exact) mass is 446 g/mol. The minimum atomic E-state index is -0.431. The Labute approximate surface area is 200 Å². The van der Waals surface area contributed by atoms with Crippen LogP contribution in [0.25, 0.3) is 44.2 Å². The van der Waals surface area contributed by atoms with Gasteiger partial charge < -0.3 is 13.7 Å². The second-order valence-corrected chi connectivity index (χ2v) is 10.0. The van der Waals surface area contributed by atoms with E-state index in [1.54, 1.807) is 0 Å². The molecule has 34 heavy (non-hydrogen) atoms. The van der Waals surface area contributed by atoms with Crippen molar-refractivity contribution in [2.75, 3.05) is 0 Å². The zero-order valence-corrected chi connectivity index (χ0v) is 20.0. The summed E-state index contributed by atoms with van der Waals surface area (Å²) in [4.78, 5) is 0. The van der Waals surface area contributed by atoms with Gasteiger partial charge in [0, 0.05) is 10.8 Å². The Hall–Kier alpha value is -3.34. The first kappa shape index (κ1) is 21.2. The highest BCUT2D eigenvalue weighted by Gasteiger charge is 2.52. The van der Waals surface area contributed by atoms with Gasteiger partial charge in [0.25, 0.3) is 0 Å². The van der Waals surface area contributed by atoms with Gasteiger partial charge in [0.1, 0.15) is 11.2 Å². The molecule has 0 spiro atoms. The molecule has 168 valence electrons. The first-order chi connectivity index (χ1) is 16.3. The highest BCUT2D eigenvalue weighted by atomic mass is 16.7. The SMILES string of the molecule is CC1(C)OB(c2ccccc2-c2cccc3oc4cc(-c5ccccc5)ccc4c23)OC1(C)C. The fourth-order valence-electron chi connectivity index (χ4n) is 4.78. The van der Waals surface area contributed by atoms with Crippen LogP contribution in [0.2, 0.25) is 0 Å². The van der Waals surface area contributed by atoms with E-state index in [4.69, 9.17) is 13.7 Å². The molecule has 0 atom stereocenters. The molecule has 1 aliphatic rings. The van der Waals surface area contributed by atoms with Gasteiger partial charge in [0.15, 0.2) is 0 Å². The molecule has 6 rings (SSSR count). The molecule has 1 aromatic heterocycles. The van der Waals surface area contributed by atoms with E-state index in [-0.39, 0.29) is 0 Å². The van der Waals surface area contributed by atoms with E-state index in [2.05, 4.69) is 100 Å². The smallest absolute Gasteiger partial charge is 0.456 e. The van der Waals surface area contributed by atoms with Crippen molar-refractivity contribution in [3.63, 3.8) is 0 Å². The molecule has 0 N–H and O–H groups in total. The molecular weight excluding hydrogens is 419 g/mol. The van der Waals surface area contributed by atoms with Crippen LogP contribution >= 0.6 is 0 Å². The first-order valence-corrected chi connectivity index (χ1v) is 11.8. The maximum Gasteiger partial charge on any atom is 0.495 e. The second kappa shape index (κ2) is 7.59. The van der Waals surface area contributed by atoms with Crippen LogP contribution in [-0.4, -0.2) is 18.3 Å². The van der Waals surface area contributed by atoms with Gasteiger partial charge in [-0.05, 0) is 73.6 Å². The summed E-state index contributed by atoms with van der Waals surface area (Å²) in [5.41, 5.74) is 6.54. The molecule has 0 bridgehead atoms. The van der Waals surface area contributed by atoms with Gasteiger partial charge in [0.2, 0.25) is 0 Å². The van der Waals surface area contributed by atoms with Crippen LogP contribution in [0.5, 0.6) is 0 Å². The Bertz CT molecular complexity index is 1500. The molecule has 5 aromatic rings. The normalized spacial score (nSPS) is 17.0. The van der Waals surface area contributed by atoms with E-state index in [9.17, 15) is 0 Å². The molecule has 0 unspecified atom stereocenters. The maximum absolute atomic E-state index is 6.41. The average molecular weight is 446 g/mol. The van der Waals surface area contributed by atoms with Crippen molar-refractivity contribution in [1.82, 2.24) is 0 Å². The Morgan fingerprint density at radius 3 is 2.03 bits per heavy atom. The number of hydrogen-bond acceptors (Lipinski definition) is 3. The molecular formula is C30H27BO3. The van der Waals surface area contributed by atoms with Crippen molar-refractivity contribution in [1.29, 1.82) is 0 Å². The van der Waals surface area contributed by atoms with E-state index < -0.39 is 18.3 Å². The van der Waals surface area contributed by atoms with Crippen molar-refractivity contribution in [2.24, 2.45) is 0 Å². The van der Waals surface area contributed by atoms with Crippen molar-refractivity contribution in [3.8, 4) is 22.3 Å². The quantitative estimate of drug-likeness (QED) is 0.274. The molecule has 0 amide bonds. The van der Waals surface area contributed by atoms with Gasteiger partial charge in [-0.15, -0.1) is 0 Å². The van der Waals surface area contributed by atoms with Crippen LogP contribution in [0.1, 0.15) is 27.7 Å². The van der Waals surface area contributed by atoms with Crippen molar-refractivity contribution in [2.45, 2.75) is 38.9 Å². The number of benzene rings is 4. The van der Waals surface area contributed by atoms with E-state index >= 15 is 0 Å². The summed E-state index contributed by atoms with van der Waals surface area (Å²) in [7, 11) is -0.431. The van der Waals surface area contributed by atoms with E-state index in [1.165, 1.54) is 5.56 Å². The molecule has 4 aromatic carbocycles. The Balaban J connectivity index is 1.52. The van der Waals surface area contributed by atoms with Crippen LogP contribution in [0.15, 0.2) is 95.4 Å². The lowest BCUT2D eigenvalue weighted by Crippen LogP contribution is -2.41. The zero-order chi connectivity index (χ0) is 23.5. The summed E-state index contributed by atoms with van der Waals surface area (Å²) in [6.45, 7) is 8.35. The summed E-state index contributed by atoms with van der Waals surface area (Å²) in [6, 6.07) is 31.5. The lowest BCUT2D eigenvalue weighted by atomic mass is 9.74. The average Bonchev–Trinajstić information content (AvgIpc) is 3.32. The molecule has 1 aliphatic heterocycles. The predicted molar refractivity (Wildman–Crippen MR) is 140 cm³/mol. The number of furan rings is 1. The summed E-state index contributed by atoms with van der Waals surface area (Å²) in [6.07, 6.45) is 0. The van der Waals surface area contributed by atoms with Crippen molar-refractivity contribution < 1.29 is 13.7 Å². The molecule has 1 saturated heterocycles. The molecule has 2 heterocycles. The van der Waals surface area contributed by atoms with Gasteiger partial charge in [-0.1, -0.05) is 72.8 Å². The maximum atomic E-state index is 6.41. The molecule has 1 fully saturated rings. The van der Waals surface area contributed by atoms with E-state index in [0.717, 1.165) is 44.1 Å². The van der Waals surface area contributed by atoms with Crippen molar-refractivity contribution in [3.05, 3.63) is 91.0 Å². The zero-order valence-electron chi connectivity index (χ0n) is 20.0. The molecule has 3 nitrogen and oxygen atoms in total. The topological polar surface area (TPSA) is 31.6 Å². The second-order valence-electron chi connectivity index (χ2n) is 10.0. The van der Waals surface area contributed by atoms with Gasteiger partial charge in [-0.2, -0.15) is 0 Å². The lowest BCUT2D eigenvalue weighted by molar-refractivity contribution is 0.00578. The number of hydrogen-bond donors (Lipinski definition) is 0. The van der Waals surface area contributed by atoms with Crippen LogP contribution < -0.4 is 5.46 Å². The van der Waals surface area contributed by atoms with Crippen LogP contribution in [0.3, 0.4) is 0 Å². The third-order valence-electron chi connectivity index (χ3n) is 7.36. The Kier molecular flexibility index (Phi) is 4.74. The van der Waals surface area contributed by atoms with E-state index in [1.807, 2.05) is 18.2 Å². The van der Waals surface area contributed by atoms with Crippen LogP contribution in [0.4, 0.5) is 0 Å². The number of rotatable bonds is 3. The summed E-state index contributed by atoms with van der Waals surface area (Å²) in [5.74, 6) is 0. The summed E-state index contributed by atoms with van der Waals surface area (Å²) < 4.78 is 19.2. The van der Waals surface area contributed by atoms with Gasteiger partial charge in [0.05, 0.1) is 11.2 Å². The molecule has 0 radical (unpaired) electrons. The fourth-order valence-corrected chi connectivity index (χ4v) is 4.78. The van der Waals surface area contributed by atoms with Crippen LogP contribution in [-0.2, 0) is 9.31 Å². The highest BCUT2D eigenvalue weighted by molar-refractivity contribution is 6.64. The fraction of sp³-hybridized carbons (Fsp3) is 0.200. The van der Waals surface area contributed by atoms with Crippen molar-refractivity contribution >= 4 is 34.5 Å². The Morgan fingerprint density at radius 1 is 0.588 bits per heavy atom. The Morgan fingerprint density at radius 2 is 1.26 bits per heavy atom. The van der Waals surface area contributed by atoms with E-state index in [0.29, 0.717) is 0 Å². The first-order valence-electron chi connectivity index (χ1n) is 11.8. The highest BCUT2D eigenvalue weighted by Crippen LogP contribution is 2.40. The predicted octanol–water partition coefficient (Wildman–Crippen LogP) is 7.22. The third-order valence-corrected chi connectivity index (χ3v) is 7.36. The molecule has 4 heteroatoms. The third kappa shape index (κ3) is 3.29.